The van der Waals surface area contributed by atoms with Crippen LogP contribution in [0.4, 0.5) is 0 Å². The highest BCUT2D eigenvalue weighted by molar-refractivity contribution is 7.16. The van der Waals surface area contributed by atoms with Crippen LogP contribution in [0.2, 0.25) is 0 Å². The van der Waals surface area contributed by atoms with E-state index < -0.39 is 0 Å². The summed E-state index contributed by atoms with van der Waals surface area (Å²) in [4.78, 5) is 17.5. The second-order valence-corrected chi connectivity index (χ2v) is 5.85. The molecule has 0 aliphatic carbocycles. The van der Waals surface area contributed by atoms with E-state index in [4.69, 9.17) is 0 Å². The van der Waals surface area contributed by atoms with Gasteiger partial charge in [0.1, 0.15) is 10.9 Å². The smallest absolute Gasteiger partial charge is 0.262 e. The zero-order valence-corrected chi connectivity index (χ0v) is 12.2. The number of hydrogen-bond acceptors (Lipinski definition) is 4. The van der Waals surface area contributed by atoms with Crippen molar-refractivity contribution >= 4 is 27.1 Å². The van der Waals surface area contributed by atoms with Gasteiger partial charge in [-0.25, -0.2) is 4.98 Å². The predicted molar refractivity (Wildman–Crippen MR) is 85.1 cm³/mol. The molecule has 0 N–H and O–H groups in total. The van der Waals surface area contributed by atoms with Gasteiger partial charge in [0.05, 0.1) is 29.3 Å². The molecule has 6 heteroatoms. The molecule has 0 radical (unpaired) electrons. The highest BCUT2D eigenvalue weighted by Crippen LogP contribution is 2.19. The van der Waals surface area contributed by atoms with Crippen LogP contribution in [-0.2, 0) is 6.54 Å². The minimum absolute atomic E-state index is 0.0783. The zero-order chi connectivity index (χ0) is 15.1. The molecular formula is C16H10N4OS. The standard InChI is InChI=1S/C16H10N4OS/c17-7-13-11(8-19-5-2-1-3-14(13)19)9-20-10-18-15-12(16(20)21)4-6-22-15/h1-6,8,10H,9H2. The average Bonchev–Trinajstić information content (AvgIpc) is 3.14. The van der Waals surface area contributed by atoms with E-state index in [-0.39, 0.29) is 5.56 Å². The molecule has 0 aromatic carbocycles. The van der Waals surface area contributed by atoms with E-state index in [1.165, 1.54) is 11.3 Å². The molecule has 0 saturated carbocycles. The van der Waals surface area contributed by atoms with Crippen LogP contribution >= 0.6 is 11.3 Å². The topological polar surface area (TPSA) is 63.1 Å². The van der Waals surface area contributed by atoms with E-state index >= 15 is 0 Å². The van der Waals surface area contributed by atoms with Gasteiger partial charge in [-0.15, -0.1) is 11.3 Å². The van der Waals surface area contributed by atoms with E-state index in [0.29, 0.717) is 17.5 Å². The first kappa shape index (κ1) is 12.8. The van der Waals surface area contributed by atoms with Crippen LogP contribution in [0.5, 0.6) is 0 Å². The molecule has 0 saturated heterocycles. The number of rotatable bonds is 2. The highest BCUT2D eigenvalue weighted by atomic mass is 32.1. The van der Waals surface area contributed by atoms with Gasteiger partial charge in [0.25, 0.3) is 5.56 Å². The maximum Gasteiger partial charge on any atom is 0.262 e. The summed E-state index contributed by atoms with van der Waals surface area (Å²) in [5, 5.41) is 11.9. The number of nitrogens with zero attached hydrogens (tertiary/aromatic N) is 4. The molecule has 22 heavy (non-hydrogen) atoms. The van der Waals surface area contributed by atoms with Crippen molar-refractivity contribution in [3.63, 3.8) is 0 Å². The minimum Gasteiger partial charge on any atom is -0.322 e. The first-order valence-electron chi connectivity index (χ1n) is 6.69. The van der Waals surface area contributed by atoms with Crippen molar-refractivity contribution in [3.8, 4) is 6.07 Å². The monoisotopic (exact) mass is 306 g/mol. The van der Waals surface area contributed by atoms with Gasteiger partial charge in [0.15, 0.2) is 0 Å². The van der Waals surface area contributed by atoms with Gasteiger partial charge in [0.2, 0.25) is 0 Å². The Balaban J connectivity index is 1.87. The molecule has 0 aliphatic heterocycles. The van der Waals surface area contributed by atoms with E-state index in [9.17, 15) is 10.1 Å². The number of aromatic nitrogens is 3. The molecule has 4 aromatic heterocycles. The Hall–Kier alpha value is -2.91. The Morgan fingerprint density at radius 2 is 2.23 bits per heavy atom. The lowest BCUT2D eigenvalue weighted by atomic mass is 10.2. The third kappa shape index (κ3) is 1.84. The lowest BCUT2D eigenvalue weighted by molar-refractivity contribution is 0.748. The molecule has 0 bridgehead atoms. The number of nitriles is 1. The third-order valence-corrected chi connectivity index (χ3v) is 4.49. The number of pyridine rings is 1. The van der Waals surface area contributed by atoms with E-state index in [1.54, 1.807) is 17.0 Å². The molecule has 0 spiro atoms. The van der Waals surface area contributed by atoms with E-state index in [1.807, 2.05) is 40.4 Å². The van der Waals surface area contributed by atoms with Gasteiger partial charge < -0.3 is 4.40 Å². The lowest BCUT2D eigenvalue weighted by Crippen LogP contribution is -2.20. The van der Waals surface area contributed by atoms with Gasteiger partial charge in [-0.3, -0.25) is 9.36 Å². The second kappa shape index (κ2) is 4.83. The second-order valence-electron chi connectivity index (χ2n) is 4.95. The molecular weight excluding hydrogens is 296 g/mol. The predicted octanol–water partition coefficient (Wildman–Crippen LogP) is 2.63. The van der Waals surface area contributed by atoms with Crippen LogP contribution in [0.3, 0.4) is 0 Å². The zero-order valence-electron chi connectivity index (χ0n) is 11.4. The first-order valence-corrected chi connectivity index (χ1v) is 7.57. The van der Waals surface area contributed by atoms with Crippen LogP contribution in [0.15, 0.2) is 53.2 Å². The molecule has 0 fully saturated rings. The fourth-order valence-electron chi connectivity index (χ4n) is 2.62. The van der Waals surface area contributed by atoms with Crippen molar-refractivity contribution in [1.82, 2.24) is 14.0 Å². The Morgan fingerprint density at radius 3 is 3.09 bits per heavy atom. The molecule has 4 aromatic rings. The van der Waals surface area contributed by atoms with Gasteiger partial charge >= 0.3 is 0 Å². The SMILES string of the molecule is N#Cc1c(Cn2cnc3sccc3c2=O)cn2ccccc12. The summed E-state index contributed by atoms with van der Waals surface area (Å²) in [6, 6.07) is 9.71. The van der Waals surface area contributed by atoms with Crippen molar-refractivity contribution in [2.45, 2.75) is 6.54 Å². The minimum atomic E-state index is -0.0783. The van der Waals surface area contributed by atoms with Gasteiger partial charge in [-0.05, 0) is 23.6 Å². The molecule has 4 heterocycles. The first-order chi connectivity index (χ1) is 10.8. The van der Waals surface area contributed by atoms with Crippen LogP contribution in [0, 0.1) is 11.3 Å². The molecule has 4 rings (SSSR count). The Morgan fingerprint density at radius 1 is 1.32 bits per heavy atom. The lowest BCUT2D eigenvalue weighted by Gasteiger charge is -2.03. The van der Waals surface area contributed by atoms with Crippen LogP contribution in [0.1, 0.15) is 11.1 Å². The van der Waals surface area contributed by atoms with E-state index in [2.05, 4.69) is 11.1 Å². The Bertz CT molecular complexity index is 1100. The fraction of sp³-hybridized carbons (Fsp3) is 0.0625. The summed E-state index contributed by atoms with van der Waals surface area (Å²) < 4.78 is 3.44. The Kier molecular flexibility index (Phi) is 2.81. The molecule has 0 amide bonds. The van der Waals surface area contributed by atoms with Crippen molar-refractivity contribution in [2.75, 3.05) is 0 Å². The summed E-state index contributed by atoms with van der Waals surface area (Å²) in [6.45, 7) is 0.336. The molecule has 5 nitrogen and oxygen atoms in total. The van der Waals surface area contributed by atoms with Gasteiger partial charge in [-0.2, -0.15) is 5.26 Å². The van der Waals surface area contributed by atoms with Crippen molar-refractivity contribution in [3.05, 3.63) is 69.8 Å². The van der Waals surface area contributed by atoms with Gasteiger partial charge in [-0.1, -0.05) is 6.07 Å². The maximum absolute atomic E-state index is 12.4. The highest BCUT2D eigenvalue weighted by Gasteiger charge is 2.12. The molecule has 0 aliphatic rings. The maximum atomic E-state index is 12.4. The van der Waals surface area contributed by atoms with Crippen LogP contribution in [0.25, 0.3) is 15.7 Å². The number of fused-ring (bicyclic) bond motifs is 2. The van der Waals surface area contributed by atoms with Crippen LogP contribution < -0.4 is 5.56 Å². The van der Waals surface area contributed by atoms with E-state index in [0.717, 1.165) is 15.9 Å². The number of thiophene rings is 1. The summed E-state index contributed by atoms with van der Waals surface area (Å²) >= 11 is 1.45. The van der Waals surface area contributed by atoms with Crippen LogP contribution in [-0.4, -0.2) is 14.0 Å². The summed E-state index contributed by atoms with van der Waals surface area (Å²) in [5.74, 6) is 0. The van der Waals surface area contributed by atoms with Crippen molar-refractivity contribution < 1.29 is 0 Å². The normalized spacial score (nSPS) is 11.0. The number of hydrogen-bond donors (Lipinski definition) is 0. The third-order valence-electron chi connectivity index (χ3n) is 3.67. The molecule has 0 unspecified atom stereocenters. The summed E-state index contributed by atoms with van der Waals surface area (Å²) in [6.07, 6.45) is 5.32. The summed E-state index contributed by atoms with van der Waals surface area (Å²) in [7, 11) is 0. The average molecular weight is 306 g/mol. The Labute approximate surface area is 129 Å². The fourth-order valence-corrected chi connectivity index (χ4v) is 3.34. The van der Waals surface area contributed by atoms with Crippen molar-refractivity contribution in [1.29, 1.82) is 5.26 Å². The van der Waals surface area contributed by atoms with Gasteiger partial charge in [0, 0.05) is 18.0 Å². The largest absolute Gasteiger partial charge is 0.322 e. The summed E-state index contributed by atoms with van der Waals surface area (Å²) in [5.41, 5.74) is 2.17. The van der Waals surface area contributed by atoms with Crippen molar-refractivity contribution in [2.24, 2.45) is 0 Å². The molecule has 106 valence electrons. The quantitative estimate of drug-likeness (QED) is 0.572. The molecule has 0 atom stereocenters.